The third-order valence-electron chi connectivity index (χ3n) is 3.69. The molecule has 130 valence electrons. The van der Waals surface area contributed by atoms with Crippen molar-refractivity contribution >= 4 is 0 Å². The minimum absolute atomic E-state index is 0.185. The average molecular weight is 354 g/mol. The van der Waals surface area contributed by atoms with E-state index in [0.717, 1.165) is 17.7 Å². The molecule has 6 heteroatoms. The van der Waals surface area contributed by atoms with Gasteiger partial charge in [-0.05, 0) is 31.2 Å². The Labute approximate surface area is 147 Å². The van der Waals surface area contributed by atoms with E-state index in [2.05, 4.69) is 21.8 Å². The molecule has 1 N–H and O–H groups in total. The number of H-pyrrole nitrogens is 1. The second kappa shape index (κ2) is 6.89. The zero-order chi connectivity index (χ0) is 18.7. The highest BCUT2D eigenvalue weighted by molar-refractivity contribution is 5.56. The van der Waals surface area contributed by atoms with Crippen molar-refractivity contribution in [1.29, 1.82) is 0 Å². The van der Waals surface area contributed by atoms with Crippen molar-refractivity contribution in [3.63, 3.8) is 0 Å². The van der Waals surface area contributed by atoms with E-state index in [-0.39, 0.29) is 5.56 Å². The number of rotatable bonds is 1. The van der Waals surface area contributed by atoms with Gasteiger partial charge >= 0.3 is 6.18 Å². The molecule has 2 aromatic carbocycles. The minimum Gasteiger partial charge on any atom is -0.305 e. The van der Waals surface area contributed by atoms with Gasteiger partial charge < -0.3 is 4.98 Å². The molecule has 0 fully saturated rings. The summed E-state index contributed by atoms with van der Waals surface area (Å²) in [5.41, 5.74) is 0.650. The van der Waals surface area contributed by atoms with Gasteiger partial charge in [0.1, 0.15) is 11.4 Å². The van der Waals surface area contributed by atoms with E-state index in [9.17, 15) is 18.0 Å². The van der Waals surface area contributed by atoms with Crippen LogP contribution in [0.1, 0.15) is 22.4 Å². The molecule has 3 nitrogen and oxygen atoms in total. The monoisotopic (exact) mass is 354 g/mol. The Balaban J connectivity index is 1.92. The molecule has 0 atom stereocenters. The molecule has 0 bridgehead atoms. The van der Waals surface area contributed by atoms with Gasteiger partial charge in [-0.15, -0.1) is 0 Å². The van der Waals surface area contributed by atoms with Crippen LogP contribution in [0.4, 0.5) is 13.2 Å². The highest BCUT2D eigenvalue weighted by atomic mass is 19.4. The third kappa shape index (κ3) is 3.83. The highest BCUT2D eigenvalue weighted by Crippen LogP contribution is 2.28. The number of aromatic nitrogens is 2. The van der Waals surface area contributed by atoms with Gasteiger partial charge in [-0.2, -0.15) is 13.2 Å². The lowest BCUT2D eigenvalue weighted by atomic mass is 10.1. The molecular weight excluding hydrogens is 341 g/mol. The Hall–Kier alpha value is -3.33. The summed E-state index contributed by atoms with van der Waals surface area (Å²) < 4.78 is 37.7. The molecule has 0 aliphatic rings. The van der Waals surface area contributed by atoms with Crippen LogP contribution in [0.5, 0.6) is 0 Å². The molecule has 0 saturated carbocycles. The first-order chi connectivity index (χ1) is 12.3. The standard InChI is InChI=1S/C20H13F3N2O/c1-13-17(12-9-14-7-10-16(11-8-14)20(21,22)23)19(26)25-18(24-13)15-5-3-2-4-6-15/h2-8,10-11H,1H3,(H,24,25,26). The Bertz CT molecular complexity index is 1040. The molecule has 1 heterocycles. The molecule has 0 amide bonds. The smallest absolute Gasteiger partial charge is 0.305 e. The van der Waals surface area contributed by atoms with Gasteiger partial charge in [-0.25, -0.2) is 4.98 Å². The summed E-state index contributed by atoms with van der Waals surface area (Å²) in [6.07, 6.45) is -4.39. The maximum atomic E-state index is 12.6. The van der Waals surface area contributed by atoms with Gasteiger partial charge in [-0.3, -0.25) is 4.79 Å². The van der Waals surface area contributed by atoms with E-state index in [0.29, 0.717) is 17.1 Å². The number of alkyl halides is 3. The van der Waals surface area contributed by atoms with Crippen molar-refractivity contribution in [3.8, 4) is 23.2 Å². The lowest BCUT2D eigenvalue weighted by Crippen LogP contribution is -2.15. The van der Waals surface area contributed by atoms with E-state index >= 15 is 0 Å². The number of halogens is 3. The lowest BCUT2D eigenvalue weighted by molar-refractivity contribution is -0.137. The molecule has 0 unspecified atom stereocenters. The van der Waals surface area contributed by atoms with Crippen LogP contribution in [-0.2, 0) is 6.18 Å². The second-order valence-electron chi connectivity index (χ2n) is 5.57. The summed E-state index contributed by atoms with van der Waals surface area (Å²) in [6, 6.07) is 13.6. The first kappa shape index (κ1) is 17.5. The van der Waals surface area contributed by atoms with Crippen molar-refractivity contribution in [2.24, 2.45) is 0 Å². The van der Waals surface area contributed by atoms with Crippen LogP contribution in [0.3, 0.4) is 0 Å². The van der Waals surface area contributed by atoms with Crippen LogP contribution >= 0.6 is 0 Å². The highest BCUT2D eigenvalue weighted by Gasteiger charge is 2.29. The average Bonchev–Trinajstić information content (AvgIpc) is 2.61. The van der Waals surface area contributed by atoms with E-state index in [4.69, 9.17) is 0 Å². The van der Waals surface area contributed by atoms with Crippen LogP contribution in [0.25, 0.3) is 11.4 Å². The van der Waals surface area contributed by atoms with E-state index in [1.54, 1.807) is 6.92 Å². The second-order valence-corrected chi connectivity index (χ2v) is 5.57. The van der Waals surface area contributed by atoms with Crippen molar-refractivity contribution in [1.82, 2.24) is 9.97 Å². The fourth-order valence-corrected chi connectivity index (χ4v) is 2.34. The van der Waals surface area contributed by atoms with Gasteiger partial charge in [0.25, 0.3) is 5.56 Å². The number of aromatic amines is 1. The van der Waals surface area contributed by atoms with Gasteiger partial charge in [0, 0.05) is 11.1 Å². The maximum Gasteiger partial charge on any atom is 0.416 e. The molecule has 0 spiro atoms. The van der Waals surface area contributed by atoms with Crippen LogP contribution in [0, 0.1) is 18.8 Å². The molecule has 3 rings (SSSR count). The number of hydrogen-bond donors (Lipinski definition) is 1. The van der Waals surface area contributed by atoms with Crippen LogP contribution < -0.4 is 5.56 Å². The number of nitrogens with one attached hydrogen (secondary N) is 1. The SMILES string of the molecule is Cc1nc(-c2ccccc2)[nH]c(=O)c1C#Cc1ccc(C(F)(F)F)cc1. The summed E-state index contributed by atoms with van der Waals surface area (Å²) in [4.78, 5) is 19.3. The van der Waals surface area contributed by atoms with E-state index in [1.807, 2.05) is 30.3 Å². The van der Waals surface area contributed by atoms with Crippen molar-refractivity contribution in [2.45, 2.75) is 13.1 Å². The molecule has 1 aromatic heterocycles. The predicted octanol–water partition coefficient (Wildman–Crippen LogP) is 4.16. The minimum atomic E-state index is -4.39. The fraction of sp³-hybridized carbons (Fsp3) is 0.100. The molecule has 0 radical (unpaired) electrons. The Morgan fingerprint density at radius 1 is 0.962 bits per heavy atom. The zero-order valence-electron chi connectivity index (χ0n) is 13.7. The molecule has 3 aromatic rings. The van der Waals surface area contributed by atoms with Crippen LogP contribution in [0.15, 0.2) is 59.4 Å². The van der Waals surface area contributed by atoms with Crippen molar-refractivity contribution in [3.05, 3.63) is 87.3 Å². The Morgan fingerprint density at radius 3 is 2.19 bits per heavy atom. The van der Waals surface area contributed by atoms with Crippen LogP contribution in [0.2, 0.25) is 0 Å². The summed E-state index contributed by atoms with van der Waals surface area (Å²) in [5, 5.41) is 0. The van der Waals surface area contributed by atoms with Gasteiger partial charge in [0.15, 0.2) is 0 Å². The van der Waals surface area contributed by atoms with Crippen LogP contribution in [-0.4, -0.2) is 9.97 Å². The summed E-state index contributed by atoms with van der Waals surface area (Å²) in [7, 11) is 0. The van der Waals surface area contributed by atoms with Gasteiger partial charge in [0.2, 0.25) is 0 Å². The number of hydrogen-bond acceptors (Lipinski definition) is 2. The van der Waals surface area contributed by atoms with Gasteiger partial charge in [0.05, 0.1) is 11.3 Å². The van der Waals surface area contributed by atoms with Crippen molar-refractivity contribution in [2.75, 3.05) is 0 Å². The van der Waals surface area contributed by atoms with E-state index in [1.165, 1.54) is 12.1 Å². The quantitative estimate of drug-likeness (QED) is 0.667. The first-order valence-corrected chi connectivity index (χ1v) is 7.70. The largest absolute Gasteiger partial charge is 0.416 e. The first-order valence-electron chi connectivity index (χ1n) is 7.70. The Kier molecular flexibility index (Phi) is 4.63. The normalized spacial score (nSPS) is 10.9. The third-order valence-corrected chi connectivity index (χ3v) is 3.69. The zero-order valence-corrected chi connectivity index (χ0v) is 13.7. The lowest BCUT2D eigenvalue weighted by Gasteiger charge is -2.05. The molecule has 0 aliphatic carbocycles. The van der Waals surface area contributed by atoms with Crippen molar-refractivity contribution < 1.29 is 13.2 Å². The maximum absolute atomic E-state index is 12.6. The topological polar surface area (TPSA) is 45.8 Å². The fourth-order valence-electron chi connectivity index (χ4n) is 2.34. The number of benzene rings is 2. The summed E-state index contributed by atoms with van der Waals surface area (Å²) >= 11 is 0. The van der Waals surface area contributed by atoms with E-state index < -0.39 is 17.3 Å². The molecule has 0 saturated heterocycles. The number of nitrogens with zero attached hydrogens (tertiary/aromatic N) is 1. The summed E-state index contributed by atoms with van der Waals surface area (Å²) in [5.74, 6) is 5.84. The molecular formula is C20H13F3N2O. The number of aryl methyl sites for hydroxylation is 1. The molecule has 0 aliphatic heterocycles. The summed E-state index contributed by atoms with van der Waals surface area (Å²) in [6.45, 7) is 1.67. The van der Waals surface area contributed by atoms with Gasteiger partial charge in [-0.1, -0.05) is 42.2 Å². The Morgan fingerprint density at radius 2 is 1.62 bits per heavy atom. The molecule has 26 heavy (non-hydrogen) atoms. The predicted molar refractivity (Wildman–Crippen MR) is 92.5 cm³/mol.